The van der Waals surface area contributed by atoms with Crippen molar-refractivity contribution in [1.82, 2.24) is 0 Å². The smallest absolute Gasteiger partial charge is 0.376 e. The van der Waals surface area contributed by atoms with Crippen LogP contribution in [0, 0.1) is 5.92 Å². The van der Waals surface area contributed by atoms with Gasteiger partial charge < -0.3 is 5.32 Å². The normalized spacial score (nSPS) is 24.6. The first-order valence-electron chi connectivity index (χ1n) is 7.95. The van der Waals surface area contributed by atoms with E-state index in [0.29, 0.717) is 22.2 Å². The summed E-state index contributed by atoms with van der Waals surface area (Å²) in [7, 11) is 0. The molecule has 4 rings (SSSR count). The fraction of sp³-hybridized carbons (Fsp3) is 0.263. The van der Waals surface area contributed by atoms with E-state index in [0.717, 1.165) is 11.6 Å². The average molecular weight is 384 g/mol. The minimum absolute atomic E-state index is 0.0352. The summed E-state index contributed by atoms with van der Waals surface area (Å²) < 4.78 is 40.5. The maximum absolute atomic E-state index is 13.5. The summed E-state index contributed by atoms with van der Waals surface area (Å²) in [4.78, 5) is 0. The van der Waals surface area contributed by atoms with Gasteiger partial charge in [-0.15, -0.1) is 0 Å². The van der Waals surface area contributed by atoms with Crippen LogP contribution in [-0.4, -0.2) is 0 Å². The van der Waals surface area contributed by atoms with Gasteiger partial charge in [0.1, 0.15) is 0 Å². The van der Waals surface area contributed by atoms with Gasteiger partial charge in [0.25, 0.3) is 0 Å². The molecule has 0 fully saturated rings. The van der Waals surface area contributed by atoms with Crippen LogP contribution in [0.2, 0.25) is 10.0 Å². The minimum atomic E-state index is -4.40. The van der Waals surface area contributed by atoms with E-state index in [1.807, 2.05) is 12.2 Å². The Balaban J connectivity index is 1.88. The fourth-order valence-corrected chi connectivity index (χ4v) is 4.47. The number of hydrogen-bond donors (Lipinski definition) is 1. The summed E-state index contributed by atoms with van der Waals surface area (Å²) in [5.41, 5.74) is 1.13. The van der Waals surface area contributed by atoms with Crippen molar-refractivity contribution in [2.75, 3.05) is 5.32 Å². The Bertz CT molecular complexity index is 860. The quantitative estimate of drug-likeness (QED) is 0.531. The average Bonchev–Trinajstić information content (AvgIpc) is 3.06. The van der Waals surface area contributed by atoms with Gasteiger partial charge in [-0.05, 0) is 36.1 Å². The topological polar surface area (TPSA) is 12.0 Å². The lowest BCUT2D eigenvalue weighted by Gasteiger charge is -2.39. The zero-order valence-electron chi connectivity index (χ0n) is 12.9. The van der Waals surface area contributed by atoms with Crippen LogP contribution in [0.15, 0.2) is 48.6 Å². The van der Waals surface area contributed by atoms with Crippen LogP contribution in [0.5, 0.6) is 0 Å². The number of allylic oxidation sites excluding steroid dienone is 2. The molecule has 2 aromatic rings. The third-order valence-electron chi connectivity index (χ3n) is 5.02. The zero-order chi connectivity index (χ0) is 17.8. The Kier molecular flexibility index (Phi) is 4.00. The monoisotopic (exact) mass is 383 g/mol. The predicted molar refractivity (Wildman–Crippen MR) is 94.3 cm³/mol. The van der Waals surface area contributed by atoms with E-state index in [1.54, 1.807) is 24.3 Å². The molecule has 1 nitrogen and oxygen atoms in total. The molecule has 0 bridgehead atoms. The van der Waals surface area contributed by atoms with Gasteiger partial charge in [0.15, 0.2) is 0 Å². The van der Waals surface area contributed by atoms with Crippen LogP contribution in [0.4, 0.5) is 18.9 Å². The first kappa shape index (κ1) is 16.8. The number of rotatable bonds is 1. The van der Waals surface area contributed by atoms with Crippen LogP contribution in [0.3, 0.4) is 0 Å². The van der Waals surface area contributed by atoms with E-state index >= 15 is 0 Å². The van der Waals surface area contributed by atoms with Gasteiger partial charge in [0, 0.05) is 16.5 Å². The largest absolute Gasteiger partial charge is 0.416 e. The third-order valence-corrected chi connectivity index (χ3v) is 5.66. The van der Waals surface area contributed by atoms with Crippen LogP contribution in [0.1, 0.15) is 35.1 Å². The highest BCUT2D eigenvalue weighted by molar-refractivity contribution is 6.36. The summed E-state index contributed by atoms with van der Waals surface area (Å²) in [5, 5.41) is 4.29. The summed E-state index contributed by atoms with van der Waals surface area (Å²) in [6, 6.07) is 8.64. The molecule has 1 aliphatic carbocycles. The Morgan fingerprint density at radius 1 is 1.00 bits per heavy atom. The molecule has 130 valence electrons. The molecule has 0 radical (unpaired) electrons. The maximum atomic E-state index is 13.5. The SMILES string of the molecule is FC(F)(F)c1ccccc1[C@H]1Nc2c(Cl)ccc(Cl)c2C2C=CCC21. The second kappa shape index (κ2) is 5.96. The molecule has 0 spiro atoms. The first-order chi connectivity index (χ1) is 11.9. The number of benzene rings is 2. The second-order valence-corrected chi connectivity index (χ2v) is 7.19. The first-order valence-corrected chi connectivity index (χ1v) is 8.70. The number of fused-ring (bicyclic) bond motifs is 3. The Morgan fingerprint density at radius 3 is 2.48 bits per heavy atom. The highest BCUT2D eigenvalue weighted by Gasteiger charge is 2.43. The highest BCUT2D eigenvalue weighted by Crippen LogP contribution is 2.54. The van der Waals surface area contributed by atoms with Gasteiger partial charge in [-0.2, -0.15) is 13.2 Å². The molecule has 2 aromatic carbocycles. The van der Waals surface area contributed by atoms with Gasteiger partial charge in [-0.1, -0.05) is 53.6 Å². The van der Waals surface area contributed by atoms with Gasteiger partial charge in [0.05, 0.1) is 22.3 Å². The van der Waals surface area contributed by atoms with Crippen molar-refractivity contribution >= 4 is 28.9 Å². The molecule has 0 saturated carbocycles. The molecular formula is C19H14Cl2F3N. The molecule has 0 saturated heterocycles. The number of halogens is 5. The zero-order valence-corrected chi connectivity index (χ0v) is 14.5. The van der Waals surface area contributed by atoms with Crippen molar-refractivity contribution in [3.05, 3.63) is 75.3 Å². The number of hydrogen-bond acceptors (Lipinski definition) is 1. The molecule has 2 unspecified atom stereocenters. The van der Waals surface area contributed by atoms with Crippen molar-refractivity contribution in [1.29, 1.82) is 0 Å². The molecule has 1 aliphatic heterocycles. The van der Waals surface area contributed by atoms with E-state index in [2.05, 4.69) is 5.32 Å². The van der Waals surface area contributed by atoms with Crippen LogP contribution in [-0.2, 0) is 6.18 Å². The number of alkyl halides is 3. The maximum Gasteiger partial charge on any atom is 0.416 e. The molecule has 0 amide bonds. The number of nitrogens with one attached hydrogen (secondary N) is 1. The van der Waals surface area contributed by atoms with Crippen LogP contribution >= 0.6 is 23.2 Å². The van der Waals surface area contributed by atoms with E-state index in [-0.39, 0.29) is 17.4 Å². The molecule has 1 N–H and O–H groups in total. The standard InChI is InChI=1S/C19H14Cl2F3N/c20-14-8-9-15(21)18-16(14)10-5-3-6-11(10)17(25-18)12-4-1-2-7-13(12)19(22,23)24/h1-5,7-11,17,25H,6H2/t10?,11?,17-/m0/s1. The Morgan fingerprint density at radius 2 is 1.72 bits per heavy atom. The summed E-state index contributed by atoms with van der Waals surface area (Å²) in [6.45, 7) is 0. The van der Waals surface area contributed by atoms with E-state index in [1.165, 1.54) is 6.07 Å². The third kappa shape index (κ3) is 2.72. The fourth-order valence-electron chi connectivity index (χ4n) is 3.96. The Hall–Kier alpha value is -1.65. The van der Waals surface area contributed by atoms with Crippen molar-refractivity contribution in [3.8, 4) is 0 Å². The molecule has 0 aromatic heterocycles. The number of anilines is 1. The van der Waals surface area contributed by atoms with Crippen molar-refractivity contribution in [2.24, 2.45) is 5.92 Å². The minimum Gasteiger partial charge on any atom is -0.376 e. The van der Waals surface area contributed by atoms with Gasteiger partial charge in [0.2, 0.25) is 0 Å². The van der Waals surface area contributed by atoms with Gasteiger partial charge >= 0.3 is 6.18 Å². The predicted octanol–water partition coefficient (Wildman–Crippen LogP) is 6.84. The lowest BCUT2D eigenvalue weighted by Crippen LogP contribution is -2.31. The summed E-state index contributed by atoms with van der Waals surface area (Å²) in [5.74, 6) is -0.0827. The summed E-state index contributed by atoms with van der Waals surface area (Å²) >= 11 is 12.7. The van der Waals surface area contributed by atoms with Crippen molar-refractivity contribution in [2.45, 2.75) is 24.6 Å². The molecular weight excluding hydrogens is 370 g/mol. The second-order valence-electron chi connectivity index (χ2n) is 6.38. The highest BCUT2D eigenvalue weighted by atomic mass is 35.5. The molecule has 25 heavy (non-hydrogen) atoms. The van der Waals surface area contributed by atoms with E-state index in [4.69, 9.17) is 23.2 Å². The molecule has 3 atom stereocenters. The van der Waals surface area contributed by atoms with Crippen LogP contribution < -0.4 is 5.32 Å². The van der Waals surface area contributed by atoms with Gasteiger partial charge in [-0.25, -0.2) is 0 Å². The summed E-state index contributed by atoms with van der Waals surface area (Å²) in [6.07, 6.45) is 0.317. The molecule has 1 heterocycles. The van der Waals surface area contributed by atoms with Crippen LogP contribution in [0.25, 0.3) is 0 Å². The molecule has 6 heteroatoms. The van der Waals surface area contributed by atoms with Gasteiger partial charge in [-0.3, -0.25) is 0 Å². The lowest BCUT2D eigenvalue weighted by molar-refractivity contribution is -0.138. The van der Waals surface area contributed by atoms with Crippen molar-refractivity contribution in [3.63, 3.8) is 0 Å². The van der Waals surface area contributed by atoms with E-state index in [9.17, 15) is 13.2 Å². The molecule has 2 aliphatic rings. The Labute approximate surface area is 153 Å². The van der Waals surface area contributed by atoms with Crippen molar-refractivity contribution < 1.29 is 13.2 Å². The van der Waals surface area contributed by atoms with E-state index < -0.39 is 17.8 Å². The lowest BCUT2D eigenvalue weighted by atomic mass is 9.76.